The Morgan fingerprint density at radius 1 is 1.52 bits per heavy atom. The second-order valence-corrected chi connectivity index (χ2v) is 5.71. The van der Waals surface area contributed by atoms with Crippen molar-refractivity contribution >= 4 is 5.91 Å². The van der Waals surface area contributed by atoms with Gasteiger partial charge in [-0.1, -0.05) is 19.1 Å². The second-order valence-electron chi connectivity index (χ2n) is 5.71. The SMILES string of the molecule is C[C@@H]1C[C@H]1C(=O)N[C@@H](c1cccc(F)c1)c1nccn1C. The standard InChI is InChI=1S/C16H18FN3O/c1-10-8-13(10)16(21)19-14(15-18-6-7-20(15)2)11-4-3-5-12(17)9-11/h3-7,9-10,13-14H,8H2,1-2H3,(H,19,21)/t10-,13-,14+/m1/s1. The molecule has 0 spiro atoms. The van der Waals surface area contributed by atoms with E-state index in [0.717, 1.165) is 6.42 Å². The third-order valence-corrected chi connectivity index (χ3v) is 4.03. The number of hydrogen-bond acceptors (Lipinski definition) is 2. The number of nitrogens with one attached hydrogen (secondary N) is 1. The molecule has 1 heterocycles. The summed E-state index contributed by atoms with van der Waals surface area (Å²) < 4.78 is 15.3. The number of imidazole rings is 1. The Bertz CT molecular complexity index is 667. The van der Waals surface area contributed by atoms with Gasteiger partial charge in [0.2, 0.25) is 5.91 Å². The molecule has 3 atom stereocenters. The number of benzene rings is 1. The van der Waals surface area contributed by atoms with E-state index in [0.29, 0.717) is 17.3 Å². The average Bonchev–Trinajstić information content (AvgIpc) is 3.03. The number of carbonyl (C=O) groups excluding carboxylic acids is 1. The van der Waals surface area contributed by atoms with Crippen molar-refractivity contribution < 1.29 is 9.18 Å². The largest absolute Gasteiger partial charge is 0.342 e. The Labute approximate surface area is 123 Å². The summed E-state index contributed by atoms with van der Waals surface area (Å²) >= 11 is 0. The number of aryl methyl sites for hydroxylation is 1. The Kier molecular flexibility index (Phi) is 3.49. The summed E-state index contributed by atoms with van der Waals surface area (Å²) in [6.45, 7) is 2.06. The van der Waals surface area contributed by atoms with Crippen LogP contribution < -0.4 is 5.32 Å². The van der Waals surface area contributed by atoms with Gasteiger partial charge in [-0.05, 0) is 30.0 Å². The van der Waals surface area contributed by atoms with Crippen molar-refractivity contribution in [1.29, 1.82) is 0 Å². The summed E-state index contributed by atoms with van der Waals surface area (Å²) in [7, 11) is 1.86. The van der Waals surface area contributed by atoms with Gasteiger partial charge in [-0.15, -0.1) is 0 Å². The van der Waals surface area contributed by atoms with Crippen molar-refractivity contribution in [3.8, 4) is 0 Å². The minimum absolute atomic E-state index is 0.0137. The molecule has 1 fully saturated rings. The van der Waals surface area contributed by atoms with Crippen molar-refractivity contribution in [1.82, 2.24) is 14.9 Å². The topological polar surface area (TPSA) is 46.9 Å². The zero-order valence-electron chi connectivity index (χ0n) is 12.1. The van der Waals surface area contributed by atoms with Crippen LogP contribution in [0.5, 0.6) is 0 Å². The third kappa shape index (κ3) is 2.82. The molecule has 1 N–H and O–H groups in total. The molecule has 0 unspecified atom stereocenters. The van der Waals surface area contributed by atoms with E-state index in [9.17, 15) is 9.18 Å². The maximum atomic E-state index is 13.5. The van der Waals surface area contributed by atoms with Crippen LogP contribution in [0.25, 0.3) is 0 Å². The van der Waals surface area contributed by atoms with Crippen LogP contribution in [0, 0.1) is 17.7 Å². The van der Waals surface area contributed by atoms with Gasteiger partial charge >= 0.3 is 0 Å². The molecule has 5 heteroatoms. The lowest BCUT2D eigenvalue weighted by Gasteiger charge is -2.19. The zero-order chi connectivity index (χ0) is 15.0. The van der Waals surface area contributed by atoms with Crippen molar-refractivity contribution in [2.75, 3.05) is 0 Å². The molecular weight excluding hydrogens is 269 g/mol. The van der Waals surface area contributed by atoms with E-state index in [2.05, 4.69) is 17.2 Å². The lowest BCUT2D eigenvalue weighted by atomic mass is 10.1. The second kappa shape index (κ2) is 5.31. The number of carbonyl (C=O) groups is 1. The van der Waals surface area contributed by atoms with Crippen LogP contribution in [0.3, 0.4) is 0 Å². The van der Waals surface area contributed by atoms with Crippen LogP contribution in [0.15, 0.2) is 36.7 Å². The lowest BCUT2D eigenvalue weighted by molar-refractivity contribution is -0.123. The van der Waals surface area contributed by atoms with Gasteiger partial charge in [0.1, 0.15) is 17.7 Å². The quantitative estimate of drug-likeness (QED) is 0.938. The number of rotatable bonds is 4. The van der Waals surface area contributed by atoms with Crippen LogP contribution in [0.2, 0.25) is 0 Å². The van der Waals surface area contributed by atoms with Crippen molar-refractivity contribution in [2.24, 2.45) is 18.9 Å². The maximum absolute atomic E-state index is 13.5. The average molecular weight is 287 g/mol. The monoisotopic (exact) mass is 287 g/mol. The molecule has 1 aliphatic carbocycles. The molecule has 1 saturated carbocycles. The summed E-state index contributed by atoms with van der Waals surface area (Å²) in [5, 5.41) is 3.01. The highest BCUT2D eigenvalue weighted by Crippen LogP contribution is 2.38. The summed E-state index contributed by atoms with van der Waals surface area (Å²) in [5.74, 6) is 0.892. The zero-order valence-corrected chi connectivity index (χ0v) is 12.1. The molecule has 0 saturated heterocycles. The molecule has 110 valence electrons. The first-order valence-electron chi connectivity index (χ1n) is 7.09. The van der Waals surface area contributed by atoms with Gasteiger partial charge in [0.25, 0.3) is 0 Å². The first kappa shape index (κ1) is 13.8. The van der Waals surface area contributed by atoms with Crippen LogP contribution in [-0.2, 0) is 11.8 Å². The fraction of sp³-hybridized carbons (Fsp3) is 0.375. The Hall–Kier alpha value is -2.17. The maximum Gasteiger partial charge on any atom is 0.224 e. The summed E-state index contributed by atoms with van der Waals surface area (Å²) in [4.78, 5) is 16.5. The summed E-state index contributed by atoms with van der Waals surface area (Å²) in [5.41, 5.74) is 0.700. The predicted molar refractivity (Wildman–Crippen MR) is 76.9 cm³/mol. The van der Waals surface area contributed by atoms with Crippen LogP contribution >= 0.6 is 0 Å². The molecule has 2 aromatic rings. The molecule has 3 rings (SSSR count). The Morgan fingerprint density at radius 2 is 2.29 bits per heavy atom. The fourth-order valence-corrected chi connectivity index (χ4v) is 2.58. The van der Waals surface area contributed by atoms with E-state index in [-0.39, 0.29) is 17.6 Å². The fourth-order valence-electron chi connectivity index (χ4n) is 2.58. The minimum Gasteiger partial charge on any atom is -0.342 e. The van der Waals surface area contributed by atoms with E-state index in [4.69, 9.17) is 0 Å². The number of halogens is 1. The van der Waals surface area contributed by atoms with E-state index < -0.39 is 6.04 Å². The van der Waals surface area contributed by atoms with Gasteiger partial charge in [-0.25, -0.2) is 9.37 Å². The molecule has 21 heavy (non-hydrogen) atoms. The van der Waals surface area contributed by atoms with Gasteiger partial charge in [-0.3, -0.25) is 4.79 Å². The molecular formula is C16H18FN3O. The smallest absolute Gasteiger partial charge is 0.224 e. The first-order valence-corrected chi connectivity index (χ1v) is 7.09. The lowest BCUT2D eigenvalue weighted by Crippen LogP contribution is -2.32. The van der Waals surface area contributed by atoms with Gasteiger partial charge in [0, 0.05) is 25.4 Å². The highest BCUT2D eigenvalue weighted by molar-refractivity contribution is 5.82. The minimum atomic E-state index is -0.430. The van der Waals surface area contributed by atoms with Gasteiger partial charge in [0.05, 0.1) is 0 Å². The van der Waals surface area contributed by atoms with Crippen molar-refractivity contribution in [3.05, 3.63) is 53.9 Å². The van der Waals surface area contributed by atoms with E-state index in [1.54, 1.807) is 18.3 Å². The number of amides is 1. The highest BCUT2D eigenvalue weighted by atomic mass is 19.1. The predicted octanol–water partition coefficient (Wildman–Crippen LogP) is 2.42. The highest BCUT2D eigenvalue weighted by Gasteiger charge is 2.40. The van der Waals surface area contributed by atoms with E-state index in [1.165, 1.54) is 12.1 Å². The van der Waals surface area contributed by atoms with Crippen LogP contribution in [-0.4, -0.2) is 15.5 Å². The number of aromatic nitrogens is 2. The molecule has 1 amide bonds. The Balaban J connectivity index is 1.91. The van der Waals surface area contributed by atoms with Crippen molar-refractivity contribution in [3.63, 3.8) is 0 Å². The summed E-state index contributed by atoms with van der Waals surface area (Å²) in [6.07, 6.45) is 4.41. The van der Waals surface area contributed by atoms with Gasteiger partial charge in [-0.2, -0.15) is 0 Å². The van der Waals surface area contributed by atoms with Crippen LogP contribution in [0.4, 0.5) is 4.39 Å². The molecule has 4 nitrogen and oxygen atoms in total. The normalized spacial score (nSPS) is 21.9. The first-order chi connectivity index (χ1) is 10.1. The number of nitrogens with zero attached hydrogens (tertiary/aromatic N) is 2. The molecule has 0 aliphatic heterocycles. The molecule has 1 aromatic heterocycles. The molecule has 1 aromatic carbocycles. The van der Waals surface area contributed by atoms with Crippen molar-refractivity contribution in [2.45, 2.75) is 19.4 Å². The molecule has 0 radical (unpaired) electrons. The number of hydrogen-bond donors (Lipinski definition) is 1. The van der Waals surface area contributed by atoms with E-state index in [1.807, 2.05) is 17.8 Å². The van der Waals surface area contributed by atoms with Gasteiger partial charge in [0.15, 0.2) is 0 Å². The molecule has 1 aliphatic rings. The Morgan fingerprint density at radius 3 is 2.86 bits per heavy atom. The van der Waals surface area contributed by atoms with E-state index >= 15 is 0 Å². The van der Waals surface area contributed by atoms with Crippen LogP contribution in [0.1, 0.15) is 30.8 Å². The molecule has 0 bridgehead atoms. The third-order valence-electron chi connectivity index (χ3n) is 4.03. The summed E-state index contributed by atoms with van der Waals surface area (Å²) in [6, 6.07) is 5.85. The van der Waals surface area contributed by atoms with Gasteiger partial charge < -0.3 is 9.88 Å².